The van der Waals surface area contributed by atoms with Crippen LogP contribution in [0.1, 0.15) is 24.5 Å². The fraction of sp³-hybridized carbons (Fsp3) is 0.286. The van der Waals surface area contributed by atoms with Crippen LogP contribution >= 0.6 is 0 Å². The SMILES string of the molecule is CC/C(=C/CNc1ccc(C(F)(F)F)cc1C#N)C(=O)O. The zero-order valence-corrected chi connectivity index (χ0v) is 11.2. The third-order valence-corrected chi connectivity index (χ3v) is 2.76. The van der Waals surface area contributed by atoms with Gasteiger partial charge in [-0.3, -0.25) is 0 Å². The van der Waals surface area contributed by atoms with Crippen LogP contribution < -0.4 is 5.32 Å². The van der Waals surface area contributed by atoms with Gasteiger partial charge in [0.05, 0.1) is 16.8 Å². The van der Waals surface area contributed by atoms with E-state index in [1.54, 1.807) is 13.0 Å². The predicted molar refractivity (Wildman–Crippen MR) is 70.7 cm³/mol. The van der Waals surface area contributed by atoms with Crippen LogP contribution in [0.15, 0.2) is 29.8 Å². The van der Waals surface area contributed by atoms with E-state index in [1.807, 2.05) is 0 Å². The van der Waals surface area contributed by atoms with Gasteiger partial charge in [0.15, 0.2) is 0 Å². The normalized spacial score (nSPS) is 11.9. The van der Waals surface area contributed by atoms with Gasteiger partial charge in [-0.15, -0.1) is 0 Å². The van der Waals surface area contributed by atoms with Gasteiger partial charge < -0.3 is 10.4 Å². The maximum absolute atomic E-state index is 12.5. The van der Waals surface area contributed by atoms with Crippen molar-refractivity contribution in [3.8, 4) is 6.07 Å². The van der Waals surface area contributed by atoms with E-state index < -0.39 is 17.7 Å². The van der Waals surface area contributed by atoms with Crippen molar-refractivity contribution in [1.82, 2.24) is 0 Å². The second-order valence-corrected chi connectivity index (χ2v) is 4.14. The smallest absolute Gasteiger partial charge is 0.416 e. The molecule has 2 N–H and O–H groups in total. The second-order valence-electron chi connectivity index (χ2n) is 4.14. The van der Waals surface area contributed by atoms with E-state index in [0.717, 1.165) is 18.2 Å². The van der Waals surface area contributed by atoms with Gasteiger partial charge in [0, 0.05) is 12.1 Å². The van der Waals surface area contributed by atoms with Crippen LogP contribution in [0.5, 0.6) is 0 Å². The Balaban J connectivity index is 2.91. The molecule has 0 spiro atoms. The van der Waals surface area contributed by atoms with Crippen molar-refractivity contribution in [2.75, 3.05) is 11.9 Å². The summed E-state index contributed by atoms with van der Waals surface area (Å²) in [5.41, 5.74) is -0.637. The molecule has 0 aliphatic rings. The molecule has 0 bridgehead atoms. The molecule has 0 aliphatic heterocycles. The summed E-state index contributed by atoms with van der Waals surface area (Å²) in [6.07, 6.45) is -2.76. The van der Waals surface area contributed by atoms with Crippen molar-refractivity contribution in [3.05, 3.63) is 41.0 Å². The van der Waals surface area contributed by atoms with Crippen LogP contribution in [0.4, 0.5) is 18.9 Å². The molecule has 0 saturated heterocycles. The van der Waals surface area contributed by atoms with Gasteiger partial charge in [-0.2, -0.15) is 18.4 Å². The Labute approximate surface area is 119 Å². The van der Waals surface area contributed by atoms with Crippen LogP contribution in [0.3, 0.4) is 0 Å². The molecule has 21 heavy (non-hydrogen) atoms. The Morgan fingerprint density at radius 1 is 1.48 bits per heavy atom. The van der Waals surface area contributed by atoms with Gasteiger partial charge in [0.25, 0.3) is 0 Å². The summed E-state index contributed by atoms with van der Waals surface area (Å²) < 4.78 is 37.6. The molecule has 0 atom stereocenters. The highest BCUT2D eigenvalue weighted by Crippen LogP contribution is 2.31. The average molecular weight is 298 g/mol. The highest BCUT2D eigenvalue weighted by Gasteiger charge is 2.30. The Hall–Kier alpha value is -2.49. The van der Waals surface area contributed by atoms with Crippen molar-refractivity contribution < 1.29 is 23.1 Å². The lowest BCUT2D eigenvalue weighted by Gasteiger charge is -2.10. The van der Waals surface area contributed by atoms with Gasteiger partial charge in [0.1, 0.15) is 6.07 Å². The van der Waals surface area contributed by atoms with Crippen molar-refractivity contribution in [2.45, 2.75) is 19.5 Å². The standard InChI is InChI=1S/C14H13F3N2O2/c1-2-9(13(20)21)5-6-19-12-4-3-11(14(15,16)17)7-10(12)8-18/h3-5,7,19H,2,6H2,1H3,(H,20,21)/b9-5-. The van der Waals surface area contributed by atoms with Gasteiger partial charge in [-0.25, -0.2) is 4.79 Å². The first-order valence-corrected chi connectivity index (χ1v) is 6.07. The number of rotatable bonds is 5. The van der Waals surface area contributed by atoms with Crippen LogP contribution in [0.25, 0.3) is 0 Å². The molecular weight excluding hydrogens is 285 g/mol. The molecule has 0 heterocycles. The quantitative estimate of drug-likeness (QED) is 0.817. The van der Waals surface area contributed by atoms with E-state index in [9.17, 15) is 18.0 Å². The number of nitriles is 1. The monoisotopic (exact) mass is 298 g/mol. The summed E-state index contributed by atoms with van der Waals surface area (Å²) >= 11 is 0. The topological polar surface area (TPSA) is 73.1 Å². The van der Waals surface area contributed by atoms with E-state index in [-0.39, 0.29) is 23.4 Å². The fourth-order valence-corrected chi connectivity index (χ4v) is 1.63. The molecule has 0 radical (unpaired) electrons. The lowest BCUT2D eigenvalue weighted by molar-refractivity contribution is -0.137. The highest BCUT2D eigenvalue weighted by atomic mass is 19.4. The zero-order chi connectivity index (χ0) is 16.0. The number of hydrogen-bond acceptors (Lipinski definition) is 3. The van der Waals surface area contributed by atoms with E-state index >= 15 is 0 Å². The van der Waals surface area contributed by atoms with Crippen molar-refractivity contribution in [2.24, 2.45) is 0 Å². The molecule has 0 saturated carbocycles. The molecule has 7 heteroatoms. The van der Waals surface area contributed by atoms with Gasteiger partial charge in [-0.1, -0.05) is 13.0 Å². The number of carbonyl (C=O) groups is 1. The molecule has 0 aromatic heterocycles. The number of halogens is 3. The number of nitrogens with one attached hydrogen (secondary N) is 1. The highest BCUT2D eigenvalue weighted by molar-refractivity contribution is 5.86. The summed E-state index contributed by atoms with van der Waals surface area (Å²) in [5, 5.41) is 20.4. The lowest BCUT2D eigenvalue weighted by atomic mass is 10.1. The summed E-state index contributed by atoms with van der Waals surface area (Å²) in [4.78, 5) is 10.8. The molecule has 0 aliphatic carbocycles. The van der Waals surface area contributed by atoms with Gasteiger partial charge >= 0.3 is 12.1 Å². The number of benzene rings is 1. The van der Waals surface area contributed by atoms with E-state index in [1.165, 1.54) is 6.08 Å². The van der Waals surface area contributed by atoms with Crippen LogP contribution in [-0.2, 0) is 11.0 Å². The second kappa shape index (κ2) is 6.79. The molecule has 1 aromatic rings. The van der Waals surface area contributed by atoms with Crippen LogP contribution in [0, 0.1) is 11.3 Å². The minimum atomic E-state index is -4.51. The van der Waals surface area contributed by atoms with E-state index in [2.05, 4.69) is 5.32 Å². The van der Waals surface area contributed by atoms with Crippen molar-refractivity contribution in [1.29, 1.82) is 5.26 Å². The molecule has 0 amide bonds. The zero-order valence-electron chi connectivity index (χ0n) is 11.2. The Morgan fingerprint density at radius 2 is 2.14 bits per heavy atom. The average Bonchev–Trinajstić information content (AvgIpc) is 2.42. The van der Waals surface area contributed by atoms with Gasteiger partial charge in [-0.05, 0) is 24.6 Å². The Bertz CT molecular complexity index is 601. The molecule has 0 fully saturated rings. The largest absolute Gasteiger partial charge is 0.478 e. The Morgan fingerprint density at radius 3 is 2.62 bits per heavy atom. The first-order valence-electron chi connectivity index (χ1n) is 6.07. The van der Waals surface area contributed by atoms with Crippen LogP contribution in [-0.4, -0.2) is 17.6 Å². The third-order valence-electron chi connectivity index (χ3n) is 2.76. The summed E-state index contributed by atoms with van der Waals surface area (Å²) in [7, 11) is 0. The first-order chi connectivity index (χ1) is 9.79. The summed E-state index contributed by atoms with van der Waals surface area (Å²) in [6.45, 7) is 1.79. The number of hydrogen-bond donors (Lipinski definition) is 2. The molecule has 1 rings (SSSR count). The number of carboxylic acids is 1. The van der Waals surface area contributed by atoms with Crippen LogP contribution in [0.2, 0.25) is 0 Å². The number of carboxylic acid groups (broad SMARTS) is 1. The van der Waals surface area contributed by atoms with Crippen molar-refractivity contribution >= 4 is 11.7 Å². The number of aliphatic carboxylic acids is 1. The maximum atomic E-state index is 12.5. The lowest BCUT2D eigenvalue weighted by Crippen LogP contribution is -2.08. The van der Waals surface area contributed by atoms with E-state index in [0.29, 0.717) is 6.42 Å². The molecule has 1 aromatic carbocycles. The number of anilines is 1. The minimum Gasteiger partial charge on any atom is -0.478 e. The maximum Gasteiger partial charge on any atom is 0.416 e. The number of nitrogens with zero attached hydrogens (tertiary/aromatic N) is 1. The number of alkyl halides is 3. The summed E-state index contributed by atoms with van der Waals surface area (Å²) in [5.74, 6) is -1.05. The molecular formula is C14H13F3N2O2. The summed E-state index contributed by atoms with van der Waals surface area (Å²) in [6, 6.07) is 4.46. The van der Waals surface area contributed by atoms with Crippen molar-refractivity contribution in [3.63, 3.8) is 0 Å². The third kappa shape index (κ3) is 4.53. The first kappa shape index (κ1) is 16.6. The van der Waals surface area contributed by atoms with Gasteiger partial charge in [0.2, 0.25) is 0 Å². The minimum absolute atomic E-state index is 0.107. The molecule has 4 nitrogen and oxygen atoms in total. The Kier molecular flexibility index (Phi) is 5.36. The molecule has 112 valence electrons. The molecule has 0 unspecified atom stereocenters. The predicted octanol–water partition coefficient (Wildman–Crippen LogP) is 3.41. The van der Waals surface area contributed by atoms with E-state index in [4.69, 9.17) is 10.4 Å². The fourth-order valence-electron chi connectivity index (χ4n) is 1.63.